The smallest absolute Gasteiger partial charge is 0.0237 e. The summed E-state index contributed by atoms with van der Waals surface area (Å²) in [5, 5.41) is 4.53. The van der Waals surface area contributed by atoms with Crippen molar-refractivity contribution >= 4 is 11.8 Å². The fraction of sp³-hybridized carbons (Fsp3) is 1.00. The fourth-order valence-electron chi connectivity index (χ4n) is 3.02. The third-order valence-corrected chi connectivity index (χ3v) is 5.70. The van der Waals surface area contributed by atoms with Gasteiger partial charge in [-0.15, -0.1) is 0 Å². The van der Waals surface area contributed by atoms with Crippen molar-refractivity contribution < 1.29 is 0 Å². The van der Waals surface area contributed by atoms with Crippen LogP contribution in [0, 0.1) is 5.41 Å². The first-order valence-corrected chi connectivity index (χ1v) is 8.67. The molecule has 1 rings (SSSR count). The zero-order chi connectivity index (χ0) is 13.6. The molecule has 0 radical (unpaired) electrons. The molecule has 1 saturated carbocycles. The van der Waals surface area contributed by atoms with Crippen LogP contribution in [0.25, 0.3) is 0 Å². The lowest BCUT2D eigenvalue weighted by atomic mass is 9.87. The minimum atomic E-state index is 0.475. The second-order valence-corrected chi connectivity index (χ2v) is 7.35. The quantitative estimate of drug-likeness (QED) is 0.730. The zero-order valence-electron chi connectivity index (χ0n) is 13.0. The van der Waals surface area contributed by atoms with Crippen LogP contribution < -0.4 is 5.32 Å². The Kier molecular flexibility index (Phi) is 7.04. The van der Waals surface area contributed by atoms with Crippen molar-refractivity contribution in [3.05, 3.63) is 0 Å². The van der Waals surface area contributed by atoms with E-state index >= 15 is 0 Å². The number of nitrogens with zero attached hydrogens (tertiary/aromatic N) is 1. The van der Waals surface area contributed by atoms with Crippen molar-refractivity contribution in [2.24, 2.45) is 5.41 Å². The molecule has 1 fully saturated rings. The van der Waals surface area contributed by atoms with Gasteiger partial charge in [-0.2, -0.15) is 11.8 Å². The first-order valence-electron chi connectivity index (χ1n) is 7.62. The molecule has 0 aromatic heterocycles. The van der Waals surface area contributed by atoms with Gasteiger partial charge in [-0.25, -0.2) is 0 Å². The molecule has 0 bridgehead atoms. The normalized spacial score (nSPS) is 27.0. The van der Waals surface area contributed by atoms with Gasteiger partial charge in [0, 0.05) is 23.6 Å². The summed E-state index contributed by atoms with van der Waals surface area (Å²) in [6.07, 6.45) is 2.75. The summed E-state index contributed by atoms with van der Waals surface area (Å²) >= 11 is 2.19. The van der Waals surface area contributed by atoms with Gasteiger partial charge in [0.25, 0.3) is 0 Å². The van der Waals surface area contributed by atoms with E-state index in [0.29, 0.717) is 11.5 Å². The van der Waals surface area contributed by atoms with E-state index in [9.17, 15) is 0 Å². The Bertz CT molecular complexity index is 227. The largest absolute Gasteiger partial charge is 0.313 e. The van der Waals surface area contributed by atoms with Gasteiger partial charge in [0.2, 0.25) is 0 Å². The van der Waals surface area contributed by atoms with Crippen LogP contribution >= 0.6 is 11.8 Å². The predicted molar refractivity (Wildman–Crippen MR) is 84.5 cm³/mol. The molecule has 0 saturated heterocycles. The van der Waals surface area contributed by atoms with Crippen molar-refractivity contribution in [2.75, 3.05) is 31.9 Å². The lowest BCUT2D eigenvalue weighted by Crippen LogP contribution is -2.43. The van der Waals surface area contributed by atoms with E-state index in [1.54, 1.807) is 0 Å². The minimum absolute atomic E-state index is 0.475. The zero-order valence-corrected chi connectivity index (χ0v) is 13.8. The molecule has 2 nitrogen and oxygen atoms in total. The third-order valence-electron chi connectivity index (χ3n) is 4.34. The molecule has 2 unspecified atom stereocenters. The number of thioether (sulfide) groups is 1. The van der Waals surface area contributed by atoms with Gasteiger partial charge < -0.3 is 10.2 Å². The Hall–Kier alpha value is 0.270. The highest BCUT2D eigenvalue weighted by Crippen LogP contribution is 2.42. The number of rotatable bonds is 8. The van der Waals surface area contributed by atoms with E-state index in [-0.39, 0.29) is 0 Å². The van der Waals surface area contributed by atoms with Gasteiger partial charge in [-0.3, -0.25) is 0 Å². The lowest BCUT2D eigenvalue weighted by molar-refractivity contribution is 0.290. The molecule has 0 aromatic carbocycles. The summed E-state index contributed by atoms with van der Waals surface area (Å²) in [6.45, 7) is 16.3. The summed E-state index contributed by atoms with van der Waals surface area (Å²) in [5.74, 6) is 1.28. The van der Waals surface area contributed by atoms with Crippen LogP contribution in [0.1, 0.15) is 47.5 Å². The average Bonchev–Trinajstić information content (AvgIpc) is 2.62. The molecular formula is C15H32N2S. The van der Waals surface area contributed by atoms with Gasteiger partial charge in [-0.1, -0.05) is 34.6 Å². The minimum Gasteiger partial charge on any atom is -0.313 e. The van der Waals surface area contributed by atoms with E-state index in [0.717, 1.165) is 11.8 Å². The molecule has 3 heteroatoms. The Labute approximate surface area is 118 Å². The second kappa shape index (κ2) is 7.76. The maximum atomic E-state index is 3.72. The van der Waals surface area contributed by atoms with E-state index in [1.165, 1.54) is 38.2 Å². The molecule has 0 heterocycles. The Morgan fingerprint density at radius 1 is 1.22 bits per heavy atom. The number of nitrogens with one attached hydrogen (secondary N) is 1. The van der Waals surface area contributed by atoms with E-state index < -0.39 is 0 Å². The van der Waals surface area contributed by atoms with Crippen LogP contribution in [0.2, 0.25) is 0 Å². The van der Waals surface area contributed by atoms with Crippen LogP contribution in [-0.4, -0.2) is 48.1 Å². The summed E-state index contributed by atoms with van der Waals surface area (Å²) in [6, 6.07) is 0.698. The number of hydrogen-bond donors (Lipinski definition) is 1. The molecular weight excluding hydrogens is 240 g/mol. The summed E-state index contributed by atoms with van der Waals surface area (Å²) < 4.78 is 0. The maximum absolute atomic E-state index is 3.72. The standard InChI is InChI=1S/C15H32N2S/c1-6-16-14-13(9-10-15(14,4)5)18-12-11-17(7-2)8-3/h13-14,16H,6-12H2,1-5H3. The fourth-order valence-corrected chi connectivity index (χ4v) is 4.63. The molecule has 0 aliphatic heterocycles. The number of hydrogen-bond acceptors (Lipinski definition) is 3. The van der Waals surface area contributed by atoms with E-state index in [2.05, 4.69) is 56.6 Å². The van der Waals surface area contributed by atoms with Crippen molar-refractivity contribution in [3.8, 4) is 0 Å². The van der Waals surface area contributed by atoms with Crippen LogP contribution in [0.15, 0.2) is 0 Å². The monoisotopic (exact) mass is 272 g/mol. The van der Waals surface area contributed by atoms with Gasteiger partial charge in [0.05, 0.1) is 0 Å². The second-order valence-electron chi connectivity index (χ2n) is 6.00. The van der Waals surface area contributed by atoms with Crippen LogP contribution in [0.5, 0.6) is 0 Å². The molecule has 1 N–H and O–H groups in total. The van der Waals surface area contributed by atoms with Gasteiger partial charge in [-0.05, 0) is 37.9 Å². The van der Waals surface area contributed by atoms with Gasteiger partial charge in [0.15, 0.2) is 0 Å². The Morgan fingerprint density at radius 2 is 1.89 bits per heavy atom. The van der Waals surface area contributed by atoms with Crippen LogP contribution in [0.3, 0.4) is 0 Å². The summed E-state index contributed by atoms with van der Waals surface area (Å²) in [4.78, 5) is 2.52. The summed E-state index contributed by atoms with van der Waals surface area (Å²) in [7, 11) is 0. The van der Waals surface area contributed by atoms with Crippen molar-refractivity contribution in [3.63, 3.8) is 0 Å². The summed E-state index contributed by atoms with van der Waals surface area (Å²) in [5.41, 5.74) is 0.475. The van der Waals surface area contributed by atoms with E-state index in [4.69, 9.17) is 0 Å². The third kappa shape index (κ3) is 4.43. The predicted octanol–water partition coefficient (Wildman–Crippen LogP) is 3.23. The lowest BCUT2D eigenvalue weighted by Gasteiger charge is -2.31. The molecule has 18 heavy (non-hydrogen) atoms. The van der Waals surface area contributed by atoms with Gasteiger partial charge >= 0.3 is 0 Å². The molecule has 1 aliphatic carbocycles. The maximum Gasteiger partial charge on any atom is 0.0237 e. The van der Waals surface area contributed by atoms with Crippen LogP contribution in [0.4, 0.5) is 0 Å². The van der Waals surface area contributed by atoms with Crippen molar-refractivity contribution in [1.29, 1.82) is 0 Å². The SMILES string of the molecule is CCNC1C(SCCN(CC)CC)CCC1(C)C. The van der Waals surface area contributed by atoms with Gasteiger partial charge in [0.1, 0.15) is 0 Å². The van der Waals surface area contributed by atoms with Crippen molar-refractivity contribution in [2.45, 2.75) is 58.8 Å². The molecule has 0 amide bonds. The highest BCUT2D eigenvalue weighted by molar-refractivity contribution is 8.00. The topological polar surface area (TPSA) is 15.3 Å². The molecule has 0 spiro atoms. The average molecular weight is 273 g/mol. The highest BCUT2D eigenvalue weighted by Gasteiger charge is 2.41. The molecule has 0 aromatic rings. The van der Waals surface area contributed by atoms with E-state index in [1.807, 2.05) is 0 Å². The Morgan fingerprint density at radius 3 is 2.44 bits per heavy atom. The molecule has 2 atom stereocenters. The highest BCUT2D eigenvalue weighted by atomic mass is 32.2. The molecule has 108 valence electrons. The molecule has 1 aliphatic rings. The van der Waals surface area contributed by atoms with Crippen molar-refractivity contribution in [1.82, 2.24) is 10.2 Å². The first-order chi connectivity index (χ1) is 8.55. The first kappa shape index (κ1) is 16.3. The van der Waals surface area contributed by atoms with Crippen LogP contribution in [-0.2, 0) is 0 Å². The Balaban J connectivity index is 2.37.